The summed E-state index contributed by atoms with van der Waals surface area (Å²) in [6.07, 6.45) is 2.27. The van der Waals surface area contributed by atoms with Gasteiger partial charge in [-0.1, -0.05) is 0 Å². The van der Waals surface area contributed by atoms with Crippen molar-refractivity contribution < 1.29 is 14.3 Å². The number of aryl methyl sites for hydroxylation is 1. The molecule has 0 saturated heterocycles. The zero-order chi connectivity index (χ0) is 16.8. The first-order valence-corrected chi connectivity index (χ1v) is 7.61. The van der Waals surface area contributed by atoms with Gasteiger partial charge in [-0.25, -0.2) is 0 Å². The lowest BCUT2D eigenvalue weighted by atomic mass is 10.1. The van der Waals surface area contributed by atoms with E-state index in [4.69, 9.17) is 9.47 Å². The third kappa shape index (κ3) is 3.90. The molecule has 2 aromatic rings. The molecule has 0 bridgehead atoms. The highest BCUT2D eigenvalue weighted by atomic mass is 16.5. The van der Waals surface area contributed by atoms with Gasteiger partial charge in [-0.2, -0.15) is 0 Å². The Hall–Kier alpha value is -2.34. The molecule has 0 aliphatic rings. The molecule has 6 heteroatoms. The van der Waals surface area contributed by atoms with Crippen molar-refractivity contribution in [2.45, 2.75) is 13.3 Å². The third-order valence-electron chi connectivity index (χ3n) is 3.53. The summed E-state index contributed by atoms with van der Waals surface area (Å²) in [6.45, 7) is 3.43. The van der Waals surface area contributed by atoms with Crippen LogP contribution in [0.4, 0.5) is 0 Å². The number of fused-ring (bicyclic) bond motifs is 1. The first kappa shape index (κ1) is 17.0. The molecule has 1 aromatic carbocycles. The van der Waals surface area contributed by atoms with E-state index in [1.165, 1.54) is 0 Å². The van der Waals surface area contributed by atoms with E-state index in [2.05, 4.69) is 5.32 Å². The van der Waals surface area contributed by atoms with E-state index in [0.717, 1.165) is 5.52 Å². The molecule has 1 heterocycles. The molecule has 0 spiro atoms. The summed E-state index contributed by atoms with van der Waals surface area (Å²) >= 11 is 0. The summed E-state index contributed by atoms with van der Waals surface area (Å²) in [7, 11) is 3.42. The minimum absolute atomic E-state index is 0.131. The molecule has 0 atom stereocenters. The topological polar surface area (TPSA) is 69.6 Å². The summed E-state index contributed by atoms with van der Waals surface area (Å²) in [4.78, 5) is 24.9. The van der Waals surface area contributed by atoms with E-state index in [9.17, 15) is 9.59 Å². The number of methoxy groups -OCH3 is 1. The fourth-order valence-electron chi connectivity index (χ4n) is 2.40. The number of rotatable bonds is 7. The summed E-state index contributed by atoms with van der Waals surface area (Å²) in [6, 6.07) is 5.32. The molecule has 2 rings (SSSR count). The number of carbonyl (C=O) groups is 1. The molecule has 1 aromatic heterocycles. The first-order chi connectivity index (χ1) is 11.1. The molecule has 0 aliphatic heterocycles. The molecular weight excluding hydrogens is 296 g/mol. The van der Waals surface area contributed by atoms with E-state index in [-0.39, 0.29) is 16.9 Å². The quantitative estimate of drug-likeness (QED) is 0.789. The number of hydrogen-bond acceptors (Lipinski definition) is 4. The SMILES string of the molecule is CCOc1ccc2c(c1)c(=O)c(C(=O)NCCCOC)cn2C. The number of hydrogen-bond donors (Lipinski definition) is 1. The fraction of sp³-hybridized carbons (Fsp3) is 0.412. The highest BCUT2D eigenvalue weighted by Crippen LogP contribution is 2.18. The van der Waals surface area contributed by atoms with Gasteiger partial charge in [0, 0.05) is 33.5 Å². The number of nitrogens with zero attached hydrogens (tertiary/aromatic N) is 1. The van der Waals surface area contributed by atoms with Gasteiger partial charge in [0.2, 0.25) is 5.43 Å². The van der Waals surface area contributed by atoms with Gasteiger partial charge in [0.05, 0.1) is 17.5 Å². The Kier molecular flexibility index (Phi) is 5.76. The molecule has 0 aliphatic carbocycles. The van der Waals surface area contributed by atoms with Gasteiger partial charge >= 0.3 is 0 Å². The Morgan fingerprint density at radius 3 is 2.83 bits per heavy atom. The minimum atomic E-state index is -0.370. The molecule has 6 nitrogen and oxygen atoms in total. The zero-order valence-electron chi connectivity index (χ0n) is 13.7. The Labute approximate surface area is 135 Å². The van der Waals surface area contributed by atoms with Gasteiger partial charge in [0.1, 0.15) is 11.3 Å². The van der Waals surface area contributed by atoms with Gasteiger partial charge in [-0.15, -0.1) is 0 Å². The molecule has 124 valence electrons. The van der Waals surface area contributed by atoms with Crippen LogP contribution in [0.1, 0.15) is 23.7 Å². The van der Waals surface area contributed by atoms with Gasteiger partial charge < -0.3 is 19.4 Å². The van der Waals surface area contributed by atoms with Crippen LogP contribution in [0.25, 0.3) is 10.9 Å². The van der Waals surface area contributed by atoms with Crippen LogP contribution in [0, 0.1) is 0 Å². The Morgan fingerprint density at radius 1 is 1.35 bits per heavy atom. The zero-order valence-corrected chi connectivity index (χ0v) is 13.7. The van der Waals surface area contributed by atoms with E-state index in [0.29, 0.717) is 37.3 Å². The number of ether oxygens (including phenoxy) is 2. The Bertz CT molecular complexity index is 752. The number of aromatic nitrogens is 1. The summed E-state index contributed by atoms with van der Waals surface area (Å²) in [5.74, 6) is 0.250. The molecule has 1 N–H and O–H groups in total. The molecule has 0 radical (unpaired) electrons. The average Bonchev–Trinajstić information content (AvgIpc) is 2.55. The Morgan fingerprint density at radius 2 is 2.13 bits per heavy atom. The standard InChI is InChI=1S/C17H22N2O4/c1-4-23-12-6-7-15-13(10-12)16(20)14(11-19(15)2)17(21)18-8-5-9-22-3/h6-7,10-11H,4-5,8-9H2,1-3H3,(H,18,21). The van der Waals surface area contributed by atoms with E-state index in [1.54, 1.807) is 23.9 Å². The van der Waals surface area contributed by atoms with Crippen molar-refractivity contribution in [1.29, 1.82) is 0 Å². The van der Waals surface area contributed by atoms with E-state index in [1.807, 2.05) is 26.1 Å². The van der Waals surface area contributed by atoms with Crippen LogP contribution in [-0.4, -0.2) is 37.3 Å². The predicted octanol–water partition coefficient (Wildman–Crippen LogP) is 1.70. The average molecular weight is 318 g/mol. The normalized spacial score (nSPS) is 10.7. The second-order valence-corrected chi connectivity index (χ2v) is 5.20. The van der Waals surface area contributed by atoms with Crippen LogP contribution < -0.4 is 15.5 Å². The summed E-state index contributed by atoms with van der Waals surface area (Å²) < 4.78 is 12.1. The van der Waals surface area contributed by atoms with E-state index < -0.39 is 0 Å². The highest BCUT2D eigenvalue weighted by molar-refractivity contribution is 5.97. The second kappa shape index (κ2) is 7.78. The fourth-order valence-corrected chi connectivity index (χ4v) is 2.40. The number of nitrogens with one attached hydrogen (secondary N) is 1. The third-order valence-corrected chi connectivity index (χ3v) is 3.53. The number of carbonyl (C=O) groups excluding carboxylic acids is 1. The molecule has 0 saturated carbocycles. The summed E-state index contributed by atoms with van der Waals surface area (Å²) in [5.41, 5.74) is 0.601. The lowest BCUT2D eigenvalue weighted by Crippen LogP contribution is -2.30. The number of amides is 1. The van der Waals surface area contributed by atoms with Crippen molar-refractivity contribution in [2.24, 2.45) is 7.05 Å². The molecule has 0 unspecified atom stereocenters. The highest BCUT2D eigenvalue weighted by Gasteiger charge is 2.14. The van der Waals surface area contributed by atoms with Gasteiger partial charge in [0.25, 0.3) is 5.91 Å². The van der Waals surface area contributed by atoms with E-state index >= 15 is 0 Å². The first-order valence-electron chi connectivity index (χ1n) is 7.61. The van der Waals surface area contributed by atoms with Gasteiger partial charge in [0.15, 0.2) is 0 Å². The van der Waals surface area contributed by atoms with Crippen molar-refractivity contribution in [2.75, 3.05) is 26.9 Å². The minimum Gasteiger partial charge on any atom is -0.494 e. The van der Waals surface area contributed by atoms with Crippen molar-refractivity contribution in [3.05, 3.63) is 40.2 Å². The van der Waals surface area contributed by atoms with Crippen LogP contribution in [0.15, 0.2) is 29.2 Å². The van der Waals surface area contributed by atoms with Crippen LogP contribution >= 0.6 is 0 Å². The number of benzene rings is 1. The molecule has 0 fully saturated rings. The smallest absolute Gasteiger partial charge is 0.256 e. The maximum absolute atomic E-state index is 12.6. The van der Waals surface area contributed by atoms with Crippen molar-refractivity contribution in [1.82, 2.24) is 9.88 Å². The predicted molar refractivity (Wildman–Crippen MR) is 89.2 cm³/mol. The lowest BCUT2D eigenvalue weighted by Gasteiger charge is -2.11. The van der Waals surface area contributed by atoms with Gasteiger partial charge in [-0.05, 0) is 31.5 Å². The lowest BCUT2D eigenvalue weighted by molar-refractivity contribution is 0.0947. The largest absolute Gasteiger partial charge is 0.494 e. The maximum Gasteiger partial charge on any atom is 0.256 e. The maximum atomic E-state index is 12.6. The monoisotopic (exact) mass is 318 g/mol. The molecular formula is C17H22N2O4. The Balaban J connectivity index is 2.35. The van der Waals surface area contributed by atoms with Crippen LogP contribution in [0.3, 0.4) is 0 Å². The van der Waals surface area contributed by atoms with Crippen LogP contribution in [0.5, 0.6) is 5.75 Å². The van der Waals surface area contributed by atoms with Crippen molar-refractivity contribution in [3.63, 3.8) is 0 Å². The molecule has 23 heavy (non-hydrogen) atoms. The number of pyridine rings is 1. The molecule has 1 amide bonds. The second-order valence-electron chi connectivity index (χ2n) is 5.20. The van der Waals surface area contributed by atoms with Gasteiger partial charge in [-0.3, -0.25) is 9.59 Å². The van der Waals surface area contributed by atoms with Crippen LogP contribution in [0.2, 0.25) is 0 Å². The van der Waals surface area contributed by atoms with Crippen molar-refractivity contribution in [3.8, 4) is 5.75 Å². The van der Waals surface area contributed by atoms with Crippen LogP contribution in [-0.2, 0) is 11.8 Å². The van der Waals surface area contributed by atoms with Crippen molar-refractivity contribution >= 4 is 16.8 Å². The summed E-state index contributed by atoms with van der Waals surface area (Å²) in [5, 5.41) is 3.22.